The van der Waals surface area contributed by atoms with E-state index < -0.39 is 0 Å². The summed E-state index contributed by atoms with van der Waals surface area (Å²) in [6.07, 6.45) is 6.91. The number of hydrogen-bond donors (Lipinski definition) is 2. The maximum Gasteiger partial charge on any atom is 0.0774 e. The molecular formula is C12H24N2O. The Hall–Kier alpha value is -0.120. The zero-order chi connectivity index (χ0) is 10.7. The minimum Gasteiger partial charge on any atom is -0.389 e. The zero-order valence-corrected chi connectivity index (χ0v) is 9.62. The first-order valence-electron chi connectivity index (χ1n) is 6.37. The molecule has 1 saturated heterocycles. The van der Waals surface area contributed by atoms with Crippen molar-refractivity contribution in [3.05, 3.63) is 0 Å². The minimum absolute atomic E-state index is 0.387. The molecule has 0 aromatic carbocycles. The first-order valence-corrected chi connectivity index (χ1v) is 6.37. The number of aliphatic hydroxyl groups is 1. The molecule has 1 atom stereocenters. The molecule has 15 heavy (non-hydrogen) atoms. The highest BCUT2D eigenvalue weighted by Crippen LogP contribution is 2.30. The molecule has 2 fully saturated rings. The average molecular weight is 212 g/mol. The third kappa shape index (κ3) is 2.92. The molecule has 0 aromatic rings. The van der Waals surface area contributed by atoms with Gasteiger partial charge in [0.25, 0.3) is 0 Å². The van der Waals surface area contributed by atoms with Crippen molar-refractivity contribution >= 4 is 0 Å². The quantitative estimate of drug-likeness (QED) is 0.732. The van der Waals surface area contributed by atoms with E-state index in [4.69, 9.17) is 5.73 Å². The molecule has 3 N–H and O–H groups in total. The monoisotopic (exact) mass is 212 g/mol. The largest absolute Gasteiger partial charge is 0.389 e. The summed E-state index contributed by atoms with van der Waals surface area (Å²) < 4.78 is 0. The van der Waals surface area contributed by atoms with Gasteiger partial charge < -0.3 is 15.7 Å². The van der Waals surface area contributed by atoms with Crippen LogP contribution in [0.25, 0.3) is 0 Å². The maximum absolute atomic E-state index is 10.4. The lowest BCUT2D eigenvalue weighted by Gasteiger charge is -2.35. The van der Waals surface area contributed by atoms with Gasteiger partial charge >= 0.3 is 0 Å². The van der Waals surface area contributed by atoms with Gasteiger partial charge in [-0.25, -0.2) is 0 Å². The summed E-state index contributed by atoms with van der Waals surface area (Å²) in [5.74, 6) is 0.664. The Balaban J connectivity index is 1.80. The van der Waals surface area contributed by atoms with E-state index in [0.29, 0.717) is 5.92 Å². The lowest BCUT2D eigenvalue weighted by molar-refractivity contribution is -0.0220. The van der Waals surface area contributed by atoms with Crippen molar-refractivity contribution in [2.75, 3.05) is 26.2 Å². The molecule has 1 unspecified atom stereocenters. The molecule has 2 aliphatic rings. The van der Waals surface area contributed by atoms with Gasteiger partial charge in [0, 0.05) is 13.1 Å². The summed E-state index contributed by atoms with van der Waals surface area (Å²) in [7, 11) is 0. The van der Waals surface area contributed by atoms with Crippen LogP contribution in [-0.4, -0.2) is 41.8 Å². The number of likely N-dealkylation sites (tertiary alicyclic amines) is 1. The van der Waals surface area contributed by atoms with Crippen molar-refractivity contribution in [2.24, 2.45) is 11.7 Å². The SMILES string of the molecule is NCC1CCN(CC2(O)CCCCC2)C1. The highest BCUT2D eigenvalue weighted by atomic mass is 16.3. The van der Waals surface area contributed by atoms with E-state index in [1.807, 2.05) is 0 Å². The molecule has 1 aliphatic carbocycles. The number of β-amino-alcohol motifs (C(OH)–C–C–N with tert-alkyl or cyclic N) is 1. The molecule has 3 nitrogen and oxygen atoms in total. The summed E-state index contributed by atoms with van der Waals surface area (Å²) in [5.41, 5.74) is 5.29. The third-order valence-corrected chi connectivity index (χ3v) is 4.01. The summed E-state index contributed by atoms with van der Waals surface area (Å²) >= 11 is 0. The Labute approximate surface area is 92.6 Å². The Bertz CT molecular complexity index is 202. The lowest BCUT2D eigenvalue weighted by atomic mass is 9.84. The van der Waals surface area contributed by atoms with Gasteiger partial charge in [0.15, 0.2) is 0 Å². The van der Waals surface area contributed by atoms with Crippen LogP contribution in [0.1, 0.15) is 38.5 Å². The second-order valence-corrected chi connectivity index (χ2v) is 5.41. The van der Waals surface area contributed by atoms with Crippen LogP contribution in [-0.2, 0) is 0 Å². The maximum atomic E-state index is 10.4. The van der Waals surface area contributed by atoms with Gasteiger partial charge in [-0.05, 0) is 38.3 Å². The second-order valence-electron chi connectivity index (χ2n) is 5.41. The third-order valence-electron chi connectivity index (χ3n) is 4.01. The molecule has 0 aromatic heterocycles. The van der Waals surface area contributed by atoms with Crippen LogP contribution in [0.5, 0.6) is 0 Å². The van der Waals surface area contributed by atoms with Gasteiger partial charge in [0.2, 0.25) is 0 Å². The van der Waals surface area contributed by atoms with Crippen LogP contribution in [0.4, 0.5) is 0 Å². The van der Waals surface area contributed by atoms with Crippen LogP contribution in [0.3, 0.4) is 0 Å². The standard InChI is InChI=1S/C12H24N2O/c13-8-11-4-7-14(9-11)10-12(15)5-2-1-3-6-12/h11,15H,1-10,13H2. The molecule has 88 valence electrons. The smallest absolute Gasteiger partial charge is 0.0774 e. The average Bonchev–Trinajstić information content (AvgIpc) is 2.66. The fourth-order valence-corrected chi connectivity index (χ4v) is 3.03. The fourth-order valence-electron chi connectivity index (χ4n) is 3.03. The van der Waals surface area contributed by atoms with Crippen LogP contribution >= 0.6 is 0 Å². The second kappa shape index (κ2) is 4.81. The molecule has 1 heterocycles. The molecule has 1 aliphatic heterocycles. The summed E-state index contributed by atoms with van der Waals surface area (Å²) in [6, 6.07) is 0. The van der Waals surface area contributed by atoms with E-state index in [9.17, 15) is 5.11 Å². The van der Waals surface area contributed by atoms with Gasteiger partial charge in [-0.2, -0.15) is 0 Å². The Morgan fingerprint density at radius 2 is 2.00 bits per heavy atom. The molecule has 0 spiro atoms. The van der Waals surface area contributed by atoms with Gasteiger partial charge in [-0.3, -0.25) is 0 Å². The molecule has 0 amide bonds. The number of nitrogens with zero attached hydrogens (tertiary/aromatic N) is 1. The first kappa shape index (κ1) is 11.4. The van der Waals surface area contributed by atoms with Crippen molar-refractivity contribution in [1.82, 2.24) is 4.90 Å². The van der Waals surface area contributed by atoms with E-state index in [0.717, 1.165) is 39.0 Å². The zero-order valence-electron chi connectivity index (χ0n) is 9.62. The normalized spacial score (nSPS) is 32.0. The van der Waals surface area contributed by atoms with E-state index in [1.165, 1.54) is 25.7 Å². The molecular weight excluding hydrogens is 188 g/mol. The van der Waals surface area contributed by atoms with Crippen molar-refractivity contribution in [2.45, 2.75) is 44.1 Å². The van der Waals surface area contributed by atoms with Gasteiger partial charge in [0.05, 0.1) is 5.60 Å². The Morgan fingerprint density at radius 3 is 2.60 bits per heavy atom. The summed E-state index contributed by atoms with van der Waals surface area (Å²) in [6.45, 7) is 3.90. The molecule has 2 rings (SSSR count). The Morgan fingerprint density at radius 1 is 1.27 bits per heavy atom. The molecule has 0 radical (unpaired) electrons. The van der Waals surface area contributed by atoms with Crippen molar-refractivity contribution in [3.63, 3.8) is 0 Å². The predicted molar refractivity (Wildman–Crippen MR) is 61.6 cm³/mol. The molecule has 1 saturated carbocycles. The summed E-state index contributed by atoms with van der Waals surface area (Å²) in [4.78, 5) is 2.41. The number of nitrogens with two attached hydrogens (primary N) is 1. The minimum atomic E-state index is -0.387. The fraction of sp³-hybridized carbons (Fsp3) is 1.00. The molecule has 0 bridgehead atoms. The van der Waals surface area contributed by atoms with Gasteiger partial charge in [-0.1, -0.05) is 19.3 Å². The van der Waals surface area contributed by atoms with Crippen molar-refractivity contribution in [1.29, 1.82) is 0 Å². The highest BCUT2D eigenvalue weighted by molar-refractivity contribution is 4.88. The van der Waals surface area contributed by atoms with Gasteiger partial charge in [-0.15, -0.1) is 0 Å². The van der Waals surface area contributed by atoms with Gasteiger partial charge in [0.1, 0.15) is 0 Å². The summed E-state index contributed by atoms with van der Waals surface area (Å²) in [5, 5.41) is 10.4. The van der Waals surface area contributed by atoms with Crippen molar-refractivity contribution < 1.29 is 5.11 Å². The van der Waals surface area contributed by atoms with Crippen LogP contribution in [0.2, 0.25) is 0 Å². The first-order chi connectivity index (χ1) is 7.22. The lowest BCUT2D eigenvalue weighted by Crippen LogP contribution is -2.43. The topological polar surface area (TPSA) is 49.5 Å². The molecule has 3 heteroatoms. The van der Waals surface area contributed by atoms with Crippen LogP contribution < -0.4 is 5.73 Å². The van der Waals surface area contributed by atoms with E-state index >= 15 is 0 Å². The van der Waals surface area contributed by atoms with E-state index in [-0.39, 0.29) is 5.60 Å². The number of hydrogen-bond acceptors (Lipinski definition) is 3. The van der Waals surface area contributed by atoms with E-state index in [2.05, 4.69) is 4.90 Å². The predicted octanol–water partition coefficient (Wildman–Crippen LogP) is 0.962. The van der Waals surface area contributed by atoms with Crippen LogP contribution in [0.15, 0.2) is 0 Å². The Kier molecular flexibility index (Phi) is 3.65. The highest BCUT2D eigenvalue weighted by Gasteiger charge is 2.33. The van der Waals surface area contributed by atoms with E-state index in [1.54, 1.807) is 0 Å². The van der Waals surface area contributed by atoms with Crippen molar-refractivity contribution in [3.8, 4) is 0 Å². The van der Waals surface area contributed by atoms with Crippen LogP contribution in [0, 0.1) is 5.92 Å². The number of rotatable bonds is 3.